The first-order valence-electron chi connectivity index (χ1n) is 5.83. The zero-order valence-corrected chi connectivity index (χ0v) is 10.7. The van der Waals surface area contributed by atoms with Gasteiger partial charge in [-0.25, -0.2) is 0 Å². The molecule has 0 amide bonds. The number of alkyl halides is 1. The lowest BCUT2D eigenvalue weighted by molar-refractivity contribution is -0.143. The zero-order valence-electron chi connectivity index (χ0n) is 9.06. The molecule has 1 aromatic rings. The van der Waals surface area contributed by atoms with Crippen LogP contribution in [-0.4, -0.2) is 17.7 Å². The molecule has 86 valence electrons. The van der Waals surface area contributed by atoms with Crippen molar-refractivity contribution in [2.75, 3.05) is 6.61 Å². The second kappa shape index (κ2) is 4.47. The molecule has 3 atom stereocenters. The standard InChI is InChI=1S/C13H15BrO2/c14-11-8-9-4-1-2-5-10(9)13(11)16-12-6-3-7-15-12/h1-2,4-5,11-13H,3,6-8H2. The van der Waals surface area contributed by atoms with Gasteiger partial charge in [-0.05, 0) is 24.0 Å². The van der Waals surface area contributed by atoms with E-state index in [0.717, 1.165) is 25.9 Å². The summed E-state index contributed by atoms with van der Waals surface area (Å²) in [5.74, 6) is 0. The van der Waals surface area contributed by atoms with Gasteiger partial charge in [0.1, 0.15) is 0 Å². The van der Waals surface area contributed by atoms with Gasteiger partial charge in [-0.3, -0.25) is 0 Å². The monoisotopic (exact) mass is 282 g/mol. The van der Waals surface area contributed by atoms with Crippen LogP contribution >= 0.6 is 15.9 Å². The molecule has 1 aliphatic carbocycles. The first-order valence-corrected chi connectivity index (χ1v) is 6.75. The van der Waals surface area contributed by atoms with E-state index >= 15 is 0 Å². The van der Waals surface area contributed by atoms with Crippen LogP contribution in [0, 0.1) is 0 Å². The van der Waals surface area contributed by atoms with Crippen LogP contribution in [0.25, 0.3) is 0 Å². The number of hydrogen-bond acceptors (Lipinski definition) is 2. The molecule has 3 heteroatoms. The molecular weight excluding hydrogens is 268 g/mol. The number of ether oxygens (including phenoxy) is 2. The Morgan fingerprint density at radius 2 is 2.19 bits per heavy atom. The van der Waals surface area contributed by atoms with Crippen molar-refractivity contribution in [3.63, 3.8) is 0 Å². The SMILES string of the molecule is BrC1Cc2ccccc2C1OC1CCCO1. The van der Waals surface area contributed by atoms with Crippen molar-refractivity contribution in [3.05, 3.63) is 35.4 Å². The Morgan fingerprint density at radius 1 is 1.31 bits per heavy atom. The summed E-state index contributed by atoms with van der Waals surface area (Å²) >= 11 is 3.71. The number of halogens is 1. The Labute approximate surface area is 104 Å². The van der Waals surface area contributed by atoms with Gasteiger partial charge in [0.15, 0.2) is 6.29 Å². The molecule has 0 saturated carbocycles. The molecule has 3 unspecified atom stereocenters. The average molecular weight is 283 g/mol. The normalized spacial score (nSPS) is 32.9. The Morgan fingerprint density at radius 3 is 3.00 bits per heavy atom. The molecule has 0 N–H and O–H groups in total. The third kappa shape index (κ3) is 1.92. The molecule has 0 bridgehead atoms. The van der Waals surface area contributed by atoms with E-state index in [4.69, 9.17) is 9.47 Å². The Bertz CT molecular complexity index is 374. The minimum absolute atomic E-state index is 0.00351. The largest absolute Gasteiger partial charge is 0.353 e. The van der Waals surface area contributed by atoms with Crippen molar-refractivity contribution in [3.8, 4) is 0 Å². The summed E-state index contributed by atoms with van der Waals surface area (Å²) in [6, 6.07) is 8.52. The van der Waals surface area contributed by atoms with E-state index in [2.05, 4.69) is 40.2 Å². The van der Waals surface area contributed by atoms with E-state index in [1.165, 1.54) is 11.1 Å². The molecule has 16 heavy (non-hydrogen) atoms. The molecule has 1 saturated heterocycles. The molecule has 1 aliphatic heterocycles. The van der Waals surface area contributed by atoms with Crippen molar-refractivity contribution in [1.29, 1.82) is 0 Å². The number of benzene rings is 1. The molecule has 0 radical (unpaired) electrons. The van der Waals surface area contributed by atoms with E-state index in [1.807, 2.05) is 0 Å². The molecule has 1 heterocycles. The van der Waals surface area contributed by atoms with Gasteiger partial charge in [0.05, 0.1) is 6.10 Å². The number of rotatable bonds is 2. The highest BCUT2D eigenvalue weighted by Gasteiger charge is 2.34. The fourth-order valence-corrected chi connectivity index (χ4v) is 3.25. The van der Waals surface area contributed by atoms with Crippen molar-refractivity contribution < 1.29 is 9.47 Å². The molecule has 2 aliphatic rings. The molecule has 1 aromatic carbocycles. The first-order chi connectivity index (χ1) is 7.84. The van der Waals surface area contributed by atoms with Crippen LogP contribution in [-0.2, 0) is 15.9 Å². The topological polar surface area (TPSA) is 18.5 Å². The molecule has 0 aromatic heterocycles. The van der Waals surface area contributed by atoms with E-state index < -0.39 is 0 Å². The van der Waals surface area contributed by atoms with Crippen molar-refractivity contribution in [2.24, 2.45) is 0 Å². The molecule has 0 spiro atoms. The fraction of sp³-hybridized carbons (Fsp3) is 0.538. The van der Waals surface area contributed by atoms with Gasteiger partial charge < -0.3 is 9.47 Å². The maximum absolute atomic E-state index is 6.04. The van der Waals surface area contributed by atoms with E-state index in [1.54, 1.807) is 0 Å². The lowest BCUT2D eigenvalue weighted by Crippen LogP contribution is -2.19. The summed E-state index contributed by atoms with van der Waals surface area (Å²) in [6.45, 7) is 0.839. The van der Waals surface area contributed by atoms with Crippen molar-refractivity contribution >= 4 is 15.9 Å². The van der Waals surface area contributed by atoms with Gasteiger partial charge in [-0.15, -0.1) is 0 Å². The number of hydrogen-bond donors (Lipinski definition) is 0. The van der Waals surface area contributed by atoms with Gasteiger partial charge in [0, 0.05) is 17.9 Å². The van der Waals surface area contributed by atoms with Gasteiger partial charge in [-0.1, -0.05) is 40.2 Å². The second-order valence-corrected chi connectivity index (χ2v) is 5.59. The Hall–Kier alpha value is -0.380. The highest BCUT2D eigenvalue weighted by molar-refractivity contribution is 9.09. The minimum Gasteiger partial charge on any atom is -0.353 e. The summed E-state index contributed by atoms with van der Waals surface area (Å²) in [5.41, 5.74) is 2.72. The predicted octanol–water partition coefficient (Wildman–Crippen LogP) is 3.20. The summed E-state index contributed by atoms with van der Waals surface area (Å²) in [5, 5.41) is 0. The van der Waals surface area contributed by atoms with Crippen LogP contribution in [0.5, 0.6) is 0 Å². The quantitative estimate of drug-likeness (QED) is 0.776. The van der Waals surface area contributed by atoms with Crippen LogP contribution in [0.3, 0.4) is 0 Å². The number of fused-ring (bicyclic) bond motifs is 1. The third-order valence-corrected chi connectivity index (χ3v) is 4.10. The van der Waals surface area contributed by atoms with Crippen LogP contribution in [0.4, 0.5) is 0 Å². The van der Waals surface area contributed by atoms with Crippen LogP contribution in [0.2, 0.25) is 0 Å². The molecule has 1 fully saturated rings. The van der Waals surface area contributed by atoms with Gasteiger partial charge in [0.25, 0.3) is 0 Å². The second-order valence-electron chi connectivity index (χ2n) is 4.42. The smallest absolute Gasteiger partial charge is 0.158 e. The molecule has 2 nitrogen and oxygen atoms in total. The van der Waals surface area contributed by atoms with Crippen molar-refractivity contribution in [2.45, 2.75) is 36.5 Å². The maximum atomic E-state index is 6.04. The van der Waals surface area contributed by atoms with Crippen molar-refractivity contribution in [1.82, 2.24) is 0 Å². The van der Waals surface area contributed by atoms with Crippen LogP contribution < -0.4 is 0 Å². The first kappa shape index (κ1) is 10.8. The average Bonchev–Trinajstić information content (AvgIpc) is 2.89. The van der Waals surface area contributed by atoms with E-state index in [0.29, 0.717) is 4.83 Å². The summed E-state index contributed by atoms with van der Waals surface area (Å²) in [7, 11) is 0. The zero-order chi connectivity index (χ0) is 11.0. The fourth-order valence-electron chi connectivity index (χ4n) is 2.49. The maximum Gasteiger partial charge on any atom is 0.158 e. The van der Waals surface area contributed by atoms with E-state index in [-0.39, 0.29) is 12.4 Å². The predicted molar refractivity (Wildman–Crippen MR) is 65.7 cm³/mol. The van der Waals surface area contributed by atoms with Gasteiger partial charge in [-0.2, -0.15) is 0 Å². The lowest BCUT2D eigenvalue weighted by Gasteiger charge is -2.20. The van der Waals surface area contributed by atoms with Gasteiger partial charge >= 0.3 is 0 Å². The highest BCUT2D eigenvalue weighted by Crippen LogP contribution is 2.40. The highest BCUT2D eigenvalue weighted by atomic mass is 79.9. The third-order valence-electron chi connectivity index (χ3n) is 3.29. The molecule has 3 rings (SSSR count). The van der Waals surface area contributed by atoms with Crippen LogP contribution in [0.1, 0.15) is 30.1 Å². The lowest BCUT2D eigenvalue weighted by atomic mass is 10.1. The Kier molecular flexibility index (Phi) is 3.01. The summed E-state index contributed by atoms with van der Waals surface area (Å²) in [4.78, 5) is 0.383. The summed E-state index contributed by atoms with van der Waals surface area (Å²) < 4.78 is 11.6. The Balaban J connectivity index is 1.79. The minimum atomic E-state index is -0.00351. The van der Waals surface area contributed by atoms with E-state index in [9.17, 15) is 0 Å². The summed E-state index contributed by atoms with van der Waals surface area (Å²) in [6.07, 6.45) is 3.34. The van der Waals surface area contributed by atoms with Crippen LogP contribution in [0.15, 0.2) is 24.3 Å². The molecular formula is C13H15BrO2. The van der Waals surface area contributed by atoms with Gasteiger partial charge in [0.2, 0.25) is 0 Å².